The van der Waals surface area contributed by atoms with Gasteiger partial charge in [0.05, 0.1) is 17.6 Å². The van der Waals surface area contributed by atoms with Gasteiger partial charge in [-0.2, -0.15) is 10.5 Å². The number of nitrogens with two attached hydrogens (primary N) is 1. The van der Waals surface area contributed by atoms with E-state index in [4.69, 9.17) is 10.5 Å². The molecule has 5 nitrogen and oxygen atoms in total. The van der Waals surface area contributed by atoms with Crippen LogP contribution in [-0.4, -0.2) is 4.98 Å². The highest BCUT2D eigenvalue weighted by atomic mass is 32.1. The summed E-state index contributed by atoms with van der Waals surface area (Å²) in [5, 5.41) is 20.9. The number of pyridine rings is 1. The maximum atomic E-state index is 9.62. The van der Waals surface area contributed by atoms with Crippen LogP contribution in [0.2, 0.25) is 0 Å². The van der Waals surface area contributed by atoms with Crippen molar-refractivity contribution in [2.24, 2.45) is 5.73 Å². The monoisotopic (exact) mass is 306 g/mol. The standard InChI is InChI=1S/C16H10N4OS/c17-7-11-14(13-4-2-6-22-13)12(8-18)16(19)21-15(11)10-3-1-5-20-9-10/h1-6,9,14H,19H2/t14-/m1/s1. The van der Waals surface area contributed by atoms with E-state index in [0.29, 0.717) is 16.9 Å². The molecule has 2 N–H and O–H groups in total. The van der Waals surface area contributed by atoms with Crippen LogP contribution in [0.1, 0.15) is 16.4 Å². The first-order valence-electron chi connectivity index (χ1n) is 6.42. The SMILES string of the molecule is N#CC1=C(N)OC(c2cccnc2)=C(C#N)[C@H]1c1cccs1. The van der Waals surface area contributed by atoms with Crippen LogP contribution in [-0.2, 0) is 4.74 Å². The van der Waals surface area contributed by atoms with E-state index >= 15 is 0 Å². The third-order valence-corrected chi connectivity index (χ3v) is 4.23. The van der Waals surface area contributed by atoms with E-state index in [1.165, 1.54) is 11.3 Å². The Kier molecular flexibility index (Phi) is 3.61. The van der Waals surface area contributed by atoms with Crippen LogP contribution in [0.25, 0.3) is 5.76 Å². The van der Waals surface area contributed by atoms with Gasteiger partial charge in [-0.15, -0.1) is 11.3 Å². The van der Waals surface area contributed by atoms with Crippen LogP contribution < -0.4 is 5.73 Å². The van der Waals surface area contributed by atoms with Crippen molar-refractivity contribution in [2.75, 3.05) is 0 Å². The minimum Gasteiger partial charge on any atom is -0.439 e. The van der Waals surface area contributed by atoms with Crippen molar-refractivity contribution in [3.05, 3.63) is 69.5 Å². The number of thiophene rings is 1. The molecule has 2 aromatic heterocycles. The second-order valence-electron chi connectivity index (χ2n) is 4.54. The predicted molar refractivity (Wildman–Crippen MR) is 81.7 cm³/mol. The van der Waals surface area contributed by atoms with Gasteiger partial charge in [0.2, 0.25) is 5.88 Å². The van der Waals surface area contributed by atoms with Crippen molar-refractivity contribution < 1.29 is 4.74 Å². The van der Waals surface area contributed by atoms with Crippen LogP contribution in [0.15, 0.2) is 59.1 Å². The molecule has 0 spiro atoms. The summed E-state index contributed by atoms with van der Waals surface area (Å²) in [6, 6.07) is 11.5. The van der Waals surface area contributed by atoms with E-state index in [-0.39, 0.29) is 11.5 Å². The Hall–Kier alpha value is -3.09. The van der Waals surface area contributed by atoms with Gasteiger partial charge >= 0.3 is 0 Å². The Balaban J connectivity index is 2.23. The lowest BCUT2D eigenvalue weighted by atomic mass is 9.87. The number of hydrogen-bond donors (Lipinski definition) is 1. The van der Waals surface area contributed by atoms with Gasteiger partial charge in [-0.05, 0) is 23.6 Å². The highest BCUT2D eigenvalue weighted by molar-refractivity contribution is 7.10. The maximum absolute atomic E-state index is 9.62. The summed E-state index contributed by atoms with van der Waals surface area (Å²) in [4.78, 5) is 4.91. The Bertz CT molecular complexity index is 839. The molecule has 0 aromatic carbocycles. The first-order chi connectivity index (χ1) is 10.8. The summed E-state index contributed by atoms with van der Waals surface area (Å²) in [6.07, 6.45) is 3.23. The number of hydrogen-bond acceptors (Lipinski definition) is 6. The van der Waals surface area contributed by atoms with Crippen molar-refractivity contribution >= 4 is 17.1 Å². The van der Waals surface area contributed by atoms with E-state index in [1.54, 1.807) is 24.5 Å². The van der Waals surface area contributed by atoms with Crippen molar-refractivity contribution in [3.63, 3.8) is 0 Å². The molecule has 0 unspecified atom stereocenters. The fourth-order valence-electron chi connectivity index (χ4n) is 2.32. The molecule has 6 heteroatoms. The minimum absolute atomic E-state index is 0.0266. The van der Waals surface area contributed by atoms with Gasteiger partial charge in [0, 0.05) is 22.8 Å². The fourth-order valence-corrected chi connectivity index (χ4v) is 3.17. The molecular weight excluding hydrogens is 296 g/mol. The van der Waals surface area contributed by atoms with Crippen molar-refractivity contribution in [3.8, 4) is 12.1 Å². The smallest absolute Gasteiger partial charge is 0.205 e. The van der Waals surface area contributed by atoms with Gasteiger partial charge in [-0.3, -0.25) is 4.98 Å². The molecule has 0 fully saturated rings. The molecule has 1 atom stereocenters. The fraction of sp³-hybridized carbons (Fsp3) is 0.0625. The lowest BCUT2D eigenvalue weighted by molar-refractivity contribution is 0.357. The molecule has 0 aliphatic carbocycles. The molecule has 0 saturated heterocycles. The Labute approximate surface area is 131 Å². The first-order valence-corrected chi connectivity index (χ1v) is 7.30. The quantitative estimate of drug-likeness (QED) is 0.920. The van der Waals surface area contributed by atoms with Gasteiger partial charge in [-0.25, -0.2) is 0 Å². The molecule has 106 valence electrons. The highest BCUT2D eigenvalue weighted by Crippen LogP contribution is 2.42. The lowest BCUT2D eigenvalue weighted by Crippen LogP contribution is -2.19. The van der Waals surface area contributed by atoms with Gasteiger partial charge in [-0.1, -0.05) is 6.07 Å². The minimum atomic E-state index is -0.501. The molecule has 0 saturated carbocycles. The summed E-state index contributed by atoms with van der Waals surface area (Å²) in [5.74, 6) is -0.122. The first kappa shape index (κ1) is 13.9. The maximum Gasteiger partial charge on any atom is 0.205 e. The molecule has 2 aromatic rings. The predicted octanol–water partition coefficient (Wildman–Crippen LogP) is 2.89. The zero-order valence-corrected chi connectivity index (χ0v) is 12.2. The summed E-state index contributed by atoms with van der Waals surface area (Å²) < 4.78 is 5.56. The number of nitrogens with zero attached hydrogens (tertiary/aromatic N) is 3. The van der Waals surface area contributed by atoms with Crippen LogP contribution in [0.5, 0.6) is 0 Å². The molecule has 1 aliphatic heterocycles. The van der Waals surface area contributed by atoms with Gasteiger partial charge in [0.25, 0.3) is 0 Å². The summed E-state index contributed by atoms with van der Waals surface area (Å²) >= 11 is 1.47. The third-order valence-electron chi connectivity index (χ3n) is 3.29. The summed E-state index contributed by atoms with van der Waals surface area (Å²) in [6.45, 7) is 0. The second kappa shape index (κ2) is 5.72. The van der Waals surface area contributed by atoms with E-state index in [1.807, 2.05) is 17.5 Å². The van der Waals surface area contributed by atoms with Gasteiger partial charge < -0.3 is 10.5 Å². The average molecular weight is 306 g/mol. The molecule has 3 rings (SSSR count). The van der Waals surface area contributed by atoms with E-state index in [0.717, 1.165) is 4.88 Å². The topological polar surface area (TPSA) is 95.7 Å². The summed E-state index contributed by atoms with van der Waals surface area (Å²) in [7, 11) is 0. The number of allylic oxidation sites excluding steroid dienone is 2. The molecule has 0 bridgehead atoms. The largest absolute Gasteiger partial charge is 0.439 e. The Morgan fingerprint density at radius 2 is 2.00 bits per heavy atom. The zero-order valence-electron chi connectivity index (χ0n) is 11.4. The zero-order chi connectivity index (χ0) is 15.5. The van der Waals surface area contributed by atoms with Crippen molar-refractivity contribution in [2.45, 2.75) is 5.92 Å². The number of nitriles is 2. The third kappa shape index (κ3) is 2.22. The Morgan fingerprint density at radius 1 is 1.18 bits per heavy atom. The van der Waals surface area contributed by atoms with E-state index < -0.39 is 5.92 Å². The second-order valence-corrected chi connectivity index (χ2v) is 5.52. The number of rotatable bonds is 2. The molecule has 1 aliphatic rings. The lowest BCUT2D eigenvalue weighted by Gasteiger charge is -2.24. The number of aromatic nitrogens is 1. The normalized spacial score (nSPS) is 17.6. The molecule has 3 heterocycles. The molecule has 0 amide bonds. The Morgan fingerprint density at radius 3 is 2.59 bits per heavy atom. The average Bonchev–Trinajstić information content (AvgIpc) is 3.08. The van der Waals surface area contributed by atoms with Crippen LogP contribution >= 0.6 is 11.3 Å². The number of ether oxygens (including phenoxy) is 1. The summed E-state index contributed by atoms with van der Waals surface area (Å²) in [5.41, 5.74) is 7.18. The molecule has 0 radical (unpaired) electrons. The molecule has 22 heavy (non-hydrogen) atoms. The van der Waals surface area contributed by atoms with Crippen molar-refractivity contribution in [1.82, 2.24) is 4.98 Å². The van der Waals surface area contributed by atoms with Gasteiger partial charge in [0.15, 0.2) is 5.76 Å². The van der Waals surface area contributed by atoms with E-state index in [9.17, 15) is 10.5 Å². The molecular formula is C16H10N4OS. The highest BCUT2D eigenvalue weighted by Gasteiger charge is 2.34. The van der Waals surface area contributed by atoms with Crippen LogP contribution in [0, 0.1) is 22.7 Å². The van der Waals surface area contributed by atoms with Crippen LogP contribution in [0.4, 0.5) is 0 Å². The van der Waals surface area contributed by atoms with Crippen LogP contribution in [0.3, 0.4) is 0 Å². The van der Waals surface area contributed by atoms with Crippen molar-refractivity contribution in [1.29, 1.82) is 10.5 Å². The van der Waals surface area contributed by atoms with E-state index in [2.05, 4.69) is 17.1 Å². The van der Waals surface area contributed by atoms with Gasteiger partial charge in [0.1, 0.15) is 11.6 Å².